The van der Waals surface area contributed by atoms with Crippen LogP contribution in [0.2, 0.25) is 5.02 Å². The molecule has 0 saturated heterocycles. The van der Waals surface area contributed by atoms with Gasteiger partial charge in [0.1, 0.15) is 0 Å². The Hall–Kier alpha value is -1.49. The average molecular weight is 273 g/mol. The van der Waals surface area contributed by atoms with E-state index in [1.165, 1.54) is 0 Å². The number of halogens is 4. The first-order valence-corrected chi connectivity index (χ1v) is 5.77. The van der Waals surface area contributed by atoms with Crippen molar-refractivity contribution < 1.29 is 13.2 Å². The Bertz CT molecular complexity index is 655. The molecule has 1 aliphatic heterocycles. The van der Waals surface area contributed by atoms with Crippen LogP contribution in [0.15, 0.2) is 23.2 Å². The van der Waals surface area contributed by atoms with Crippen LogP contribution in [0.3, 0.4) is 0 Å². The molecule has 1 aromatic heterocycles. The lowest BCUT2D eigenvalue weighted by Gasteiger charge is -2.15. The summed E-state index contributed by atoms with van der Waals surface area (Å²) in [6.45, 7) is 0.154. The molecule has 0 saturated carbocycles. The standard InChI is InChI=1S/C12H8ClF3N2/c13-6-1-2-9-8(5-6)7-3-4-17-11(10(7)18-9)12(14,15)16/h1-2,5,18H,3-4H2. The number of hydrogen-bond donors (Lipinski definition) is 1. The van der Waals surface area contributed by atoms with Crippen molar-refractivity contribution in [3.05, 3.63) is 34.5 Å². The molecule has 0 fully saturated rings. The fourth-order valence-corrected chi connectivity index (χ4v) is 2.44. The monoisotopic (exact) mass is 272 g/mol. The normalized spacial score (nSPS) is 15.7. The number of aromatic nitrogens is 1. The van der Waals surface area contributed by atoms with Gasteiger partial charge in [-0.2, -0.15) is 13.2 Å². The van der Waals surface area contributed by atoms with Gasteiger partial charge in [-0.15, -0.1) is 0 Å². The van der Waals surface area contributed by atoms with Gasteiger partial charge < -0.3 is 4.98 Å². The van der Waals surface area contributed by atoms with Crippen LogP contribution in [0.1, 0.15) is 11.3 Å². The first-order chi connectivity index (χ1) is 8.47. The van der Waals surface area contributed by atoms with Crippen molar-refractivity contribution in [2.45, 2.75) is 12.6 Å². The van der Waals surface area contributed by atoms with Gasteiger partial charge in [-0.3, -0.25) is 4.99 Å². The molecule has 3 rings (SSSR count). The van der Waals surface area contributed by atoms with E-state index in [0.717, 1.165) is 5.39 Å². The minimum atomic E-state index is -4.43. The summed E-state index contributed by atoms with van der Waals surface area (Å²) in [5.41, 5.74) is 0.556. The number of H-pyrrole nitrogens is 1. The number of nitrogens with one attached hydrogen (secondary N) is 1. The van der Waals surface area contributed by atoms with Crippen LogP contribution in [-0.2, 0) is 6.42 Å². The second-order valence-corrected chi connectivity index (χ2v) is 4.58. The van der Waals surface area contributed by atoms with Gasteiger partial charge in [0.15, 0.2) is 5.71 Å². The Kier molecular flexibility index (Phi) is 2.41. The molecule has 0 amide bonds. The molecule has 94 valence electrons. The molecule has 18 heavy (non-hydrogen) atoms. The van der Waals surface area contributed by atoms with E-state index in [9.17, 15) is 13.2 Å². The Labute approximate surface area is 105 Å². The lowest BCUT2D eigenvalue weighted by molar-refractivity contribution is -0.0585. The summed E-state index contributed by atoms with van der Waals surface area (Å²) in [5, 5.41) is 1.26. The summed E-state index contributed by atoms with van der Waals surface area (Å²) in [7, 11) is 0. The molecule has 1 N–H and O–H groups in total. The summed E-state index contributed by atoms with van der Waals surface area (Å²) in [5.74, 6) is 0. The van der Waals surface area contributed by atoms with Crippen LogP contribution < -0.4 is 0 Å². The maximum Gasteiger partial charge on any atom is 0.435 e. The lowest BCUT2D eigenvalue weighted by Crippen LogP contribution is -2.28. The molecule has 0 radical (unpaired) electrons. The van der Waals surface area contributed by atoms with Gasteiger partial charge in [0, 0.05) is 22.5 Å². The number of hydrogen-bond acceptors (Lipinski definition) is 1. The van der Waals surface area contributed by atoms with E-state index in [1.807, 2.05) is 0 Å². The Morgan fingerprint density at radius 3 is 2.78 bits per heavy atom. The van der Waals surface area contributed by atoms with Gasteiger partial charge in [-0.1, -0.05) is 11.6 Å². The molecule has 2 aromatic rings. The summed E-state index contributed by atoms with van der Waals surface area (Å²) in [6, 6.07) is 5.02. The molecule has 6 heteroatoms. The van der Waals surface area contributed by atoms with E-state index in [1.54, 1.807) is 18.2 Å². The Morgan fingerprint density at radius 1 is 1.28 bits per heavy atom. The number of nitrogens with zero attached hydrogens (tertiary/aromatic N) is 1. The molecular formula is C12H8ClF3N2. The highest BCUT2D eigenvalue weighted by Gasteiger charge is 2.40. The van der Waals surface area contributed by atoms with Crippen LogP contribution in [0, 0.1) is 0 Å². The second-order valence-electron chi connectivity index (χ2n) is 4.15. The SMILES string of the molecule is FC(F)(F)C1=NCCc2c1[nH]c1ccc(Cl)cc21. The number of aromatic amines is 1. The van der Waals surface area contributed by atoms with Crippen molar-refractivity contribution in [2.24, 2.45) is 4.99 Å². The van der Waals surface area contributed by atoms with E-state index >= 15 is 0 Å². The fourth-order valence-electron chi connectivity index (χ4n) is 2.27. The second kappa shape index (κ2) is 3.75. The molecular weight excluding hydrogens is 265 g/mol. The highest BCUT2D eigenvalue weighted by molar-refractivity contribution is 6.31. The molecule has 0 aliphatic carbocycles. The third-order valence-electron chi connectivity index (χ3n) is 3.01. The first kappa shape index (κ1) is 11.6. The predicted octanol–water partition coefficient (Wildman–Crippen LogP) is 3.73. The maximum absolute atomic E-state index is 12.9. The smallest absolute Gasteiger partial charge is 0.353 e. The summed E-state index contributed by atoms with van der Waals surface area (Å²) < 4.78 is 38.6. The predicted molar refractivity (Wildman–Crippen MR) is 64.5 cm³/mol. The lowest BCUT2D eigenvalue weighted by atomic mass is 10.0. The molecule has 0 bridgehead atoms. The number of fused-ring (bicyclic) bond motifs is 3. The van der Waals surface area contributed by atoms with Gasteiger partial charge >= 0.3 is 6.18 Å². The van der Waals surface area contributed by atoms with Gasteiger partial charge in [0.25, 0.3) is 0 Å². The highest BCUT2D eigenvalue weighted by Crippen LogP contribution is 2.33. The van der Waals surface area contributed by atoms with Crippen molar-refractivity contribution in [1.29, 1.82) is 0 Å². The van der Waals surface area contributed by atoms with E-state index in [-0.39, 0.29) is 12.2 Å². The third kappa shape index (κ3) is 1.70. The van der Waals surface area contributed by atoms with Gasteiger partial charge in [0.2, 0.25) is 0 Å². The van der Waals surface area contributed by atoms with Crippen LogP contribution in [0.25, 0.3) is 10.9 Å². The quantitative estimate of drug-likeness (QED) is 0.757. The van der Waals surface area contributed by atoms with E-state index in [4.69, 9.17) is 11.6 Å². The van der Waals surface area contributed by atoms with Crippen molar-refractivity contribution in [3.8, 4) is 0 Å². The largest absolute Gasteiger partial charge is 0.435 e. The van der Waals surface area contributed by atoms with Crippen LogP contribution in [0.5, 0.6) is 0 Å². The zero-order valence-electron chi connectivity index (χ0n) is 9.11. The average Bonchev–Trinajstić information content (AvgIpc) is 2.65. The minimum Gasteiger partial charge on any atom is -0.353 e. The number of aliphatic imine (C=N–C) groups is 1. The van der Waals surface area contributed by atoms with E-state index in [2.05, 4.69) is 9.98 Å². The minimum absolute atomic E-state index is 0.0750. The summed E-state index contributed by atoms with van der Waals surface area (Å²) in [6.07, 6.45) is -3.94. The van der Waals surface area contributed by atoms with Crippen molar-refractivity contribution in [3.63, 3.8) is 0 Å². The van der Waals surface area contributed by atoms with Crippen molar-refractivity contribution >= 4 is 28.2 Å². The Morgan fingerprint density at radius 2 is 2.06 bits per heavy atom. The van der Waals surface area contributed by atoms with Crippen molar-refractivity contribution in [1.82, 2.24) is 4.98 Å². The number of rotatable bonds is 0. The fraction of sp³-hybridized carbons (Fsp3) is 0.250. The van der Waals surface area contributed by atoms with Crippen LogP contribution >= 0.6 is 11.6 Å². The van der Waals surface area contributed by atoms with E-state index in [0.29, 0.717) is 22.5 Å². The molecule has 0 atom stereocenters. The molecule has 1 aromatic carbocycles. The summed E-state index contributed by atoms with van der Waals surface area (Å²) >= 11 is 5.88. The van der Waals surface area contributed by atoms with Gasteiger partial charge in [-0.05, 0) is 30.2 Å². The van der Waals surface area contributed by atoms with Crippen molar-refractivity contribution in [2.75, 3.05) is 6.54 Å². The molecule has 0 unspecified atom stereocenters. The van der Waals surface area contributed by atoms with E-state index < -0.39 is 11.9 Å². The Balaban J connectivity index is 2.27. The summed E-state index contributed by atoms with van der Waals surface area (Å²) in [4.78, 5) is 6.38. The molecule has 1 aliphatic rings. The van der Waals surface area contributed by atoms with Crippen LogP contribution in [-0.4, -0.2) is 23.4 Å². The zero-order valence-corrected chi connectivity index (χ0v) is 9.86. The van der Waals surface area contributed by atoms with Crippen LogP contribution in [0.4, 0.5) is 13.2 Å². The topological polar surface area (TPSA) is 28.1 Å². The third-order valence-corrected chi connectivity index (χ3v) is 3.24. The molecule has 2 heterocycles. The highest BCUT2D eigenvalue weighted by atomic mass is 35.5. The first-order valence-electron chi connectivity index (χ1n) is 5.39. The zero-order chi connectivity index (χ0) is 12.9. The molecule has 2 nitrogen and oxygen atoms in total. The van der Waals surface area contributed by atoms with Gasteiger partial charge in [-0.25, -0.2) is 0 Å². The maximum atomic E-state index is 12.9. The van der Waals surface area contributed by atoms with Gasteiger partial charge in [0.05, 0.1) is 5.69 Å². The molecule has 0 spiro atoms. The number of benzene rings is 1. The number of alkyl halides is 3.